The predicted molar refractivity (Wildman–Crippen MR) is 45.8 cm³/mol. The van der Waals surface area contributed by atoms with E-state index in [0.29, 0.717) is 0 Å². The van der Waals surface area contributed by atoms with E-state index in [4.69, 9.17) is 15.0 Å². The summed E-state index contributed by atoms with van der Waals surface area (Å²) < 4.78 is 11.1. The number of hydrogen-bond donors (Lipinski definition) is 0. The minimum Gasteiger partial charge on any atom is -0.339 e. The molecule has 1 aliphatic heterocycles. The van der Waals surface area contributed by atoms with E-state index in [9.17, 15) is 0 Å². The van der Waals surface area contributed by atoms with Gasteiger partial charge in [0.25, 0.3) is 0 Å². The summed E-state index contributed by atoms with van der Waals surface area (Å²) in [5.74, 6) is -1.06. The fraction of sp³-hybridized carbons (Fsp3) is 1.00. The molecule has 2 aliphatic rings. The van der Waals surface area contributed by atoms with E-state index in [0.717, 1.165) is 12.8 Å². The molecule has 13 heavy (non-hydrogen) atoms. The molecule has 1 saturated heterocycles. The third-order valence-corrected chi connectivity index (χ3v) is 2.61. The summed E-state index contributed by atoms with van der Waals surface area (Å²) in [4.78, 5) is 2.72. The number of nitrogens with zero attached hydrogens (tertiary/aromatic N) is 3. The van der Waals surface area contributed by atoms with Gasteiger partial charge in [-0.25, -0.2) is 0 Å². The molecule has 0 bridgehead atoms. The molecular formula is C8H13N3O2. The average molecular weight is 183 g/mol. The first kappa shape index (κ1) is 8.81. The monoisotopic (exact) mass is 183 g/mol. The van der Waals surface area contributed by atoms with Crippen molar-refractivity contribution in [3.63, 3.8) is 0 Å². The third kappa shape index (κ3) is 1.63. The van der Waals surface area contributed by atoms with E-state index in [-0.39, 0.29) is 12.2 Å². The smallest absolute Gasteiger partial charge is 0.247 e. The van der Waals surface area contributed by atoms with Crippen LogP contribution in [0.3, 0.4) is 0 Å². The molecule has 5 heteroatoms. The maximum atomic E-state index is 8.32. The van der Waals surface area contributed by atoms with Gasteiger partial charge < -0.3 is 9.47 Å². The Morgan fingerprint density at radius 1 is 1.31 bits per heavy atom. The van der Waals surface area contributed by atoms with Crippen LogP contribution in [-0.4, -0.2) is 18.1 Å². The molecule has 0 radical (unpaired) electrons. The van der Waals surface area contributed by atoms with Gasteiger partial charge in [-0.1, -0.05) is 12.8 Å². The summed E-state index contributed by atoms with van der Waals surface area (Å²) in [6.45, 7) is 1.67. The molecule has 2 fully saturated rings. The standard InChI is InChI=1S/C8H13N3O2/c1-8(10-11-9)12-6-4-2-3-5-7(6)13-8/h6-7H,2-5H2,1H3/t6-,7-/m0/s1. The van der Waals surface area contributed by atoms with Crippen molar-refractivity contribution in [2.24, 2.45) is 5.11 Å². The number of azide groups is 1. The number of fused-ring (bicyclic) bond motifs is 1. The first-order valence-electron chi connectivity index (χ1n) is 4.65. The second kappa shape index (κ2) is 3.18. The van der Waals surface area contributed by atoms with Crippen LogP contribution in [0.2, 0.25) is 0 Å². The average Bonchev–Trinajstić information content (AvgIpc) is 2.40. The molecule has 2 rings (SSSR count). The van der Waals surface area contributed by atoms with Crippen molar-refractivity contribution in [2.75, 3.05) is 0 Å². The Hall–Kier alpha value is -0.770. The Balaban J connectivity index is 2.09. The number of ether oxygens (including phenoxy) is 2. The normalized spacial score (nSPS) is 36.4. The lowest BCUT2D eigenvalue weighted by Crippen LogP contribution is -2.25. The van der Waals surface area contributed by atoms with Gasteiger partial charge >= 0.3 is 0 Å². The highest BCUT2D eigenvalue weighted by Gasteiger charge is 2.44. The van der Waals surface area contributed by atoms with E-state index >= 15 is 0 Å². The van der Waals surface area contributed by atoms with Crippen LogP contribution >= 0.6 is 0 Å². The highest BCUT2D eigenvalue weighted by Crippen LogP contribution is 2.37. The Labute approximate surface area is 76.6 Å². The van der Waals surface area contributed by atoms with Crippen LogP contribution in [0, 0.1) is 0 Å². The van der Waals surface area contributed by atoms with Crippen LogP contribution in [0.25, 0.3) is 10.4 Å². The number of hydrogen-bond acceptors (Lipinski definition) is 3. The molecule has 0 unspecified atom stereocenters. The van der Waals surface area contributed by atoms with E-state index in [1.54, 1.807) is 6.92 Å². The molecule has 0 aromatic heterocycles. The highest BCUT2D eigenvalue weighted by molar-refractivity contribution is 4.85. The highest BCUT2D eigenvalue weighted by atomic mass is 16.8. The first-order chi connectivity index (χ1) is 6.23. The molecule has 0 aromatic carbocycles. The molecule has 0 amide bonds. The fourth-order valence-corrected chi connectivity index (χ4v) is 2.05. The molecule has 0 N–H and O–H groups in total. The van der Waals surface area contributed by atoms with Gasteiger partial charge in [-0.3, -0.25) is 0 Å². The summed E-state index contributed by atoms with van der Waals surface area (Å²) in [5, 5.41) is 3.52. The lowest BCUT2D eigenvalue weighted by Gasteiger charge is -2.21. The molecule has 5 nitrogen and oxygen atoms in total. The van der Waals surface area contributed by atoms with Gasteiger partial charge in [0.05, 0.1) is 12.2 Å². The van der Waals surface area contributed by atoms with Crippen LogP contribution in [-0.2, 0) is 9.47 Å². The molecule has 0 spiro atoms. The van der Waals surface area contributed by atoms with E-state index in [2.05, 4.69) is 10.0 Å². The van der Waals surface area contributed by atoms with Crippen molar-refractivity contribution >= 4 is 0 Å². The second-order valence-electron chi connectivity index (χ2n) is 3.68. The summed E-state index contributed by atoms with van der Waals surface area (Å²) in [6.07, 6.45) is 4.64. The molecule has 1 heterocycles. The number of rotatable bonds is 1. The molecule has 1 aliphatic carbocycles. The minimum absolute atomic E-state index is 0.129. The van der Waals surface area contributed by atoms with Gasteiger partial charge in [-0.2, -0.15) is 0 Å². The molecule has 2 atom stereocenters. The van der Waals surface area contributed by atoms with Crippen molar-refractivity contribution in [3.05, 3.63) is 10.4 Å². The largest absolute Gasteiger partial charge is 0.339 e. The topological polar surface area (TPSA) is 67.2 Å². The van der Waals surface area contributed by atoms with E-state index in [1.807, 2.05) is 0 Å². The molecule has 72 valence electrons. The summed E-state index contributed by atoms with van der Waals surface area (Å²) >= 11 is 0. The predicted octanol–water partition coefficient (Wildman–Crippen LogP) is 2.33. The van der Waals surface area contributed by atoms with Crippen molar-refractivity contribution in [1.29, 1.82) is 0 Å². The Bertz CT molecular complexity index is 236. The molecular weight excluding hydrogens is 170 g/mol. The maximum absolute atomic E-state index is 8.32. The van der Waals surface area contributed by atoms with Gasteiger partial charge in [-0.15, -0.1) is 0 Å². The van der Waals surface area contributed by atoms with Gasteiger partial charge in [-0.05, 0) is 30.4 Å². The SMILES string of the molecule is CC1(N=[N+]=[N-])O[C@H]2CCCC[C@@H]2O1. The van der Waals surface area contributed by atoms with Crippen LogP contribution in [0.5, 0.6) is 0 Å². The minimum atomic E-state index is -1.06. The lowest BCUT2D eigenvalue weighted by molar-refractivity contribution is -0.154. The molecule has 1 saturated carbocycles. The van der Waals surface area contributed by atoms with Crippen molar-refractivity contribution < 1.29 is 9.47 Å². The van der Waals surface area contributed by atoms with Gasteiger partial charge in [0.15, 0.2) is 0 Å². The summed E-state index contributed by atoms with van der Waals surface area (Å²) in [7, 11) is 0. The summed E-state index contributed by atoms with van der Waals surface area (Å²) in [5.41, 5.74) is 8.32. The fourth-order valence-electron chi connectivity index (χ4n) is 2.05. The van der Waals surface area contributed by atoms with E-state index < -0.39 is 5.91 Å². The second-order valence-corrected chi connectivity index (χ2v) is 3.68. The van der Waals surface area contributed by atoms with Gasteiger partial charge in [0.1, 0.15) is 0 Å². The van der Waals surface area contributed by atoms with Crippen molar-refractivity contribution in [1.82, 2.24) is 0 Å². The zero-order valence-electron chi connectivity index (χ0n) is 7.64. The zero-order valence-corrected chi connectivity index (χ0v) is 7.64. The van der Waals surface area contributed by atoms with Crippen LogP contribution in [0.4, 0.5) is 0 Å². The van der Waals surface area contributed by atoms with Crippen molar-refractivity contribution in [2.45, 2.75) is 50.7 Å². The van der Waals surface area contributed by atoms with Gasteiger partial charge in [0, 0.05) is 4.91 Å². The third-order valence-electron chi connectivity index (χ3n) is 2.61. The van der Waals surface area contributed by atoms with Gasteiger partial charge in [0.2, 0.25) is 5.91 Å². The first-order valence-corrected chi connectivity index (χ1v) is 4.65. The Morgan fingerprint density at radius 2 is 1.85 bits per heavy atom. The Morgan fingerprint density at radius 3 is 2.31 bits per heavy atom. The lowest BCUT2D eigenvalue weighted by atomic mass is 9.95. The van der Waals surface area contributed by atoms with Crippen LogP contribution in [0.1, 0.15) is 32.6 Å². The van der Waals surface area contributed by atoms with E-state index in [1.165, 1.54) is 12.8 Å². The summed E-state index contributed by atoms with van der Waals surface area (Å²) in [6, 6.07) is 0. The Kier molecular flexibility index (Phi) is 2.15. The van der Waals surface area contributed by atoms with Crippen LogP contribution < -0.4 is 0 Å². The van der Waals surface area contributed by atoms with Crippen molar-refractivity contribution in [3.8, 4) is 0 Å². The maximum Gasteiger partial charge on any atom is 0.247 e. The van der Waals surface area contributed by atoms with Crippen LogP contribution in [0.15, 0.2) is 5.11 Å². The molecule has 0 aromatic rings. The zero-order chi connectivity index (χ0) is 9.31. The quantitative estimate of drug-likeness (QED) is 0.355.